The Morgan fingerprint density at radius 2 is 2.14 bits per heavy atom. The Bertz CT molecular complexity index is 558. The van der Waals surface area contributed by atoms with Crippen LogP contribution in [0.1, 0.15) is 20.8 Å². The quantitative estimate of drug-likeness (QED) is 0.436. The third-order valence-electron chi connectivity index (χ3n) is 2.72. The van der Waals surface area contributed by atoms with Gasteiger partial charge in [0.05, 0.1) is 16.8 Å². The zero-order valence-corrected chi connectivity index (χ0v) is 13.6. The summed E-state index contributed by atoms with van der Waals surface area (Å²) in [4.78, 5) is 9.07. The van der Waals surface area contributed by atoms with Crippen LogP contribution in [-0.2, 0) is 0 Å². The lowest BCUT2D eigenvalue weighted by Gasteiger charge is -2.13. The minimum absolute atomic E-state index is 0.375. The first kappa shape index (κ1) is 15.6. The lowest BCUT2D eigenvalue weighted by molar-refractivity contribution is 0.701. The average molecular weight is 305 g/mol. The normalized spacial score (nSPS) is 11.9. The third kappa shape index (κ3) is 4.90. The van der Waals surface area contributed by atoms with Gasteiger partial charge in [0.25, 0.3) is 0 Å². The van der Waals surface area contributed by atoms with Gasteiger partial charge in [-0.3, -0.25) is 4.99 Å². The first-order valence-corrected chi connectivity index (χ1v) is 8.15. The summed E-state index contributed by atoms with van der Waals surface area (Å²) in [6, 6.07) is 8.54. The molecule has 0 aliphatic rings. The molecule has 5 nitrogen and oxygen atoms in total. The summed E-state index contributed by atoms with van der Waals surface area (Å²) in [5, 5.41) is 10.8. The number of aliphatic imine (C=N–C) groups is 1. The molecule has 0 aliphatic carbocycles. The van der Waals surface area contributed by atoms with Crippen LogP contribution in [-0.4, -0.2) is 36.6 Å². The Kier molecular flexibility index (Phi) is 5.80. The number of fused-ring (bicyclic) bond motifs is 1. The highest BCUT2D eigenvalue weighted by atomic mass is 32.1. The highest BCUT2D eigenvalue weighted by Crippen LogP contribution is 2.24. The average Bonchev–Trinajstić information content (AvgIpc) is 2.85. The van der Waals surface area contributed by atoms with E-state index in [4.69, 9.17) is 0 Å². The van der Waals surface area contributed by atoms with Crippen molar-refractivity contribution in [1.82, 2.24) is 15.6 Å². The van der Waals surface area contributed by atoms with Gasteiger partial charge in [-0.2, -0.15) is 0 Å². The van der Waals surface area contributed by atoms with Crippen LogP contribution in [0.25, 0.3) is 10.2 Å². The van der Waals surface area contributed by atoms with E-state index in [0.29, 0.717) is 12.6 Å². The van der Waals surface area contributed by atoms with Crippen LogP contribution in [0.3, 0.4) is 0 Å². The summed E-state index contributed by atoms with van der Waals surface area (Å²) in [5.41, 5.74) is 1.04. The third-order valence-corrected chi connectivity index (χ3v) is 3.72. The second-order valence-corrected chi connectivity index (χ2v) is 6.00. The van der Waals surface area contributed by atoms with Gasteiger partial charge in [-0.1, -0.05) is 23.5 Å². The molecule has 1 aromatic carbocycles. The number of guanidine groups is 1. The van der Waals surface area contributed by atoms with Gasteiger partial charge < -0.3 is 16.0 Å². The SMILES string of the molecule is CCNC(=NCCNc1nc2ccccc2s1)NC(C)C. The number of rotatable bonds is 6. The van der Waals surface area contributed by atoms with Gasteiger partial charge in [-0.25, -0.2) is 4.98 Å². The first-order valence-electron chi connectivity index (χ1n) is 7.33. The second kappa shape index (κ2) is 7.83. The van der Waals surface area contributed by atoms with E-state index < -0.39 is 0 Å². The fourth-order valence-electron chi connectivity index (χ4n) is 1.87. The molecule has 0 saturated carbocycles. The Hall–Kier alpha value is -1.82. The van der Waals surface area contributed by atoms with Crippen LogP contribution in [0.4, 0.5) is 5.13 Å². The van der Waals surface area contributed by atoms with Crippen LogP contribution in [0, 0.1) is 0 Å². The molecule has 0 saturated heterocycles. The number of hydrogen-bond donors (Lipinski definition) is 3. The molecule has 2 rings (SSSR count). The smallest absolute Gasteiger partial charge is 0.191 e. The van der Waals surface area contributed by atoms with E-state index in [2.05, 4.69) is 52.8 Å². The van der Waals surface area contributed by atoms with Gasteiger partial charge in [0.1, 0.15) is 0 Å². The highest BCUT2D eigenvalue weighted by Gasteiger charge is 2.02. The van der Waals surface area contributed by atoms with E-state index in [1.54, 1.807) is 11.3 Å². The van der Waals surface area contributed by atoms with Crippen LogP contribution < -0.4 is 16.0 Å². The summed E-state index contributed by atoms with van der Waals surface area (Å²) in [5.74, 6) is 0.860. The zero-order chi connectivity index (χ0) is 15.1. The molecule has 0 radical (unpaired) electrons. The fraction of sp³-hybridized carbons (Fsp3) is 0.467. The van der Waals surface area contributed by atoms with E-state index in [1.165, 1.54) is 4.70 Å². The largest absolute Gasteiger partial charge is 0.360 e. The highest BCUT2D eigenvalue weighted by molar-refractivity contribution is 7.22. The molecule has 0 atom stereocenters. The maximum atomic E-state index is 4.54. The van der Waals surface area contributed by atoms with E-state index in [0.717, 1.165) is 29.7 Å². The van der Waals surface area contributed by atoms with Crippen molar-refractivity contribution in [2.75, 3.05) is 25.0 Å². The Labute approximate surface area is 129 Å². The summed E-state index contributed by atoms with van der Waals surface area (Å²) < 4.78 is 1.21. The maximum Gasteiger partial charge on any atom is 0.191 e. The molecule has 0 amide bonds. The molecule has 21 heavy (non-hydrogen) atoms. The maximum absolute atomic E-state index is 4.54. The van der Waals surface area contributed by atoms with Gasteiger partial charge in [0.2, 0.25) is 0 Å². The number of nitrogens with one attached hydrogen (secondary N) is 3. The second-order valence-electron chi connectivity index (χ2n) is 4.97. The number of benzene rings is 1. The van der Waals surface area contributed by atoms with Gasteiger partial charge in [0.15, 0.2) is 11.1 Å². The predicted molar refractivity (Wildman–Crippen MR) is 92.4 cm³/mol. The monoisotopic (exact) mass is 305 g/mol. The Balaban J connectivity index is 1.84. The molecule has 2 aromatic rings. The van der Waals surface area contributed by atoms with E-state index in [1.807, 2.05) is 18.2 Å². The standard InChI is InChI=1S/C15H23N5S/c1-4-16-14(19-11(2)3)17-9-10-18-15-20-12-7-5-6-8-13(12)21-15/h5-8,11H,4,9-10H2,1-3H3,(H,18,20)(H2,16,17,19). The predicted octanol–water partition coefficient (Wildman–Crippen LogP) is 2.67. The molecule has 1 aromatic heterocycles. The lowest BCUT2D eigenvalue weighted by Crippen LogP contribution is -2.41. The molecule has 0 spiro atoms. The molecule has 114 valence electrons. The lowest BCUT2D eigenvalue weighted by atomic mass is 10.3. The van der Waals surface area contributed by atoms with Crippen LogP contribution in [0.2, 0.25) is 0 Å². The number of anilines is 1. The molecule has 6 heteroatoms. The molecule has 0 bridgehead atoms. The molecule has 1 heterocycles. The number of thiazole rings is 1. The molecule has 0 fully saturated rings. The van der Waals surface area contributed by atoms with Gasteiger partial charge >= 0.3 is 0 Å². The number of nitrogens with zero attached hydrogens (tertiary/aromatic N) is 2. The van der Waals surface area contributed by atoms with E-state index >= 15 is 0 Å². The van der Waals surface area contributed by atoms with Crippen molar-refractivity contribution in [1.29, 1.82) is 0 Å². The molecular formula is C15H23N5S. The zero-order valence-electron chi connectivity index (χ0n) is 12.8. The molecule has 0 aliphatic heterocycles. The van der Waals surface area contributed by atoms with Gasteiger partial charge in [-0.05, 0) is 32.9 Å². The summed E-state index contributed by atoms with van der Waals surface area (Å²) in [6.45, 7) is 8.62. The Morgan fingerprint density at radius 1 is 1.33 bits per heavy atom. The fourth-order valence-corrected chi connectivity index (χ4v) is 2.76. The van der Waals surface area contributed by atoms with Crippen molar-refractivity contribution in [3.05, 3.63) is 24.3 Å². The van der Waals surface area contributed by atoms with Crippen molar-refractivity contribution in [2.24, 2.45) is 4.99 Å². The number of para-hydroxylation sites is 1. The Morgan fingerprint density at radius 3 is 2.86 bits per heavy atom. The van der Waals surface area contributed by atoms with Crippen LogP contribution in [0.15, 0.2) is 29.3 Å². The minimum Gasteiger partial charge on any atom is -0.360 e. The van der Waals surface area contributed by atoms with Gasteiger partial charge in [0, 0.05) is 19.1 Å². The molecule has 3 N–H and O–H groups in total. The summed E-state index contributed by atoms with van der Waals surface area (Å²) in [7, 11) is 0. The summed E-state index contributed by atoms with van der Waals surface area (Å²) in [6.07, 6.45) is 0. The number of hydrogen-bond acceptors (Lipinski definition) is 4. The van der Waals surface area contributed by atoms with Crippen molar-refractivity contribution in [2.45, 2.75) is 26.8 Å². The van der Waals surface area contributed by atoms with Crippen molar-refractivity contribution in [3.63, 3.8) is 0 Å². The van der Waals surface area contributed by atoms with Crippen molar-refractivity contribution >= 4 is 32.6 Å². The van der Waals surface area contributed by atoms with Crippen molar-refractivity contribution < 1.29 is 0 Å². The van der Waals surface area contributed by atoms with E-state index in [9.17, 15) is 0 Å². The van der Waals surface area contributed by atoms with E-state index in [-0.39, 0.29) is 0 Å². The van der Waals surface area contributed by atoms with Crippen molar-refractivity contribution in [3.8, 4) is 0 Å². The van der Waals surface area contributed by atoms with Crippen LogP contribution >= 0.6 is 11.3 Å². The first-order chi connectivity index (χ1) is 10.2. The van der Waals surface area contributed by atoms with Crippen LogP contribution in [0.5, 0.6) is 0 Å². The van der Waals surface area contributed by atoms with Gasteiger partial charge in [-0.15, -0.1) is 0 Å². The molecular weight excluding hydrogens is 282 g/mol. The molecule has 0 unspecified atom stereocenters. The number of aromatic nitrogens is 1. The summed E-state index contributed by atoms with van der Waals surface area (Å²) >= 11 is 1.68. The minimum atomic E-state index is 0.375. The topological polar surface area (TPSA) is 61.3 Å².